The summed E-state index contributed by atoms with van der Waals surface area (Å²) in [6.45, 7) is 2.16. The largest absolute Gasteiger partial charge is 0.353 e. The normalized spacial score (nSPS) is 17.2. The minimum Gasteiger partial charge on any atom is -0.353 e. The highest BCUT2D eigenvalue weighted by Gasteiger charge is 2.42. The molecule has 2 aromatic rings. The number of hydrogen-bond donors (Lipinski definition) is 1. The van der Waals surface area contributed by atoms with E-state index in [4.69, 9.17) is 0 Å². The molecule has 0 aliphatic carbocycles. The molecule has 1 fully saturated rings. The van der Waals surface area contributed by atoms with Gasteiger partial charge in [-0.2, -0.15) is 0 Å². The quantitative estimate of drug-likeness (QED) is 0.875. The number of piperidine rings is 1. The van der Waals surface area contributed by atoms with E-state index in [-0.39, 0.29) is 12.5 Å². The lowest BCUT2D eigenvalue weighted by Crippen LogP contribution is -2.51. The number of nitrogens with one attached hydrogen (secondary N) is 1. The van der Waals surface area contributed by atoms with Gasteiger partial charge in [0, 0.05) is 13.1 Å². The Morgan fingerprint density at radius 1 is 1.00 bits per heavy atom. The average Bonchev–Trinajstić information content (AvgIpc) is 2.68. The summed E-state index contributed by atoms with van der Waals surface area (Å²) in [7, 11) is 0. The van der Waals surface area contributed by atoms with E-state index in [1.54, 1.807) is 0 Å². The van der Waals surface area contributed by atoms with E-state index in [0.717, 1.165) is 38.0 Å². The topological polar surface area (TPSA) is 32.3 Å². The summed E-state index contributed by atoms with van der Waals surface area (Å²) in [6, 6.07) is 20.3. The fourth-order valence-corrected chi connectivity index (χ4v) is 3.67. The smallest absolute Gasteiger partial charge is 0.230 e. The molecule has 4 heteroatoms. The van der Waals surface area contributed by atoms with Crippen LogP contribution in [0, 0.1) is 0 Å². The van der Waals surface area contributed by atoms with Gasteiger partial charge < -0.3 is 5.32 Å². The lowest BCUT2D eigenvalue weighted by atomic mass is 9.72. The minimum absolute atomic E-state index is 0.0456. The zero-order valence-electron chi connectivity index (χ0n) is 14.5. The maximum Gasteiger partial charge on any atom is 0.230 e. The van der Waals surface area contributed by atoms with E-state index in [0.29, 0.717) is 0 Å². The van der Waals surface area contributed by atoms with Gasteiger partial charge in [0.15, 0.2) is 0 Å². The molecule has 0 saturated carbocycles. The van der Waals surface area contributed by atoms with Gasteiger partial charge in [-0.25, -0.2) is 4.39 Å². The van der Waals surface area contributed by atoms with Gasteiger partial charge in [-0.15, -0.1) is 0 Å². The van der Waals surface area contributed by atoms with E-state index in [9.17, 15) is 9.18 Å². The van der Waals surface area contributed by atoms with Crippen LogP contribution >= 0.6 is 0 Å². The molecule has 132 valence electrons. The zero-order valence-corrected chi connectivity index (χ0v) is 14.5. The van der Waals surface area contributed by atoms with Crippen LogP contribution in [0.2, 0.25) is 0 Å². The second-order valence-corrected chi connectivity index (χ2v) is 6.65. The van der Waals surface area contributed by atoms with Crippen molar-refractivity contribution < 1.29 is 9.18 Å². The number of nitrogens with zero attached hydrogens (tertiary/aromatic N) is 1. The van der Waals surface area contributed by atoms with Crippen molar-refractivity contribution in [1.29, 1.82) is 0 Å². The second-order valence-electron chi connectivity index (χ2n) is 6.65. The first-order chi connectivity index (χ1) is 12.2. The first-order valence-electron chi connectivity index (χ1n) is 8.91. The molecule has 0 radical (unpaired) electrons. The Bertz CT molecular complexity index is 667. The maximum atomic E-state index is 12.8. The number of rotatable bonds is 6. The Kier molecular flexibility index (Phi) is 5.82. The van der Waals surface area contributed by atoms with Crippen molar-refractivity contribution in [2.24, 2.45) is 0 Å². The summed E-state index contributed by atoms with van der Waals surface area (Å²) >= 11 is 0. The number of likely N-dealkylation sites (tertiary alicyclic amines) is 1. The molecule has 1 heterocycles. The van der Waals surface area contributed by atoms with Crippen molar-refractivity contribution in [2.75, 3.05) is 26.3 Å². The molecule has 0 spiro atoms. The fraction of sp³-hybridized carbons (Fsp3) is 0.381. The zero-order chi connectivity index (χ0) is 17.5. The molecule has 1 amide bonds. The third-order valence-corrected chi connectivity index (χ3v) is 5.10. The van der Waals surface area contributed by atoms with E-state index >= 15 is 0 Å². The molecule has 3 nitrogen and oxygen atoms in total. The number of halogens is 1. The molecule has 25 heavy (non-hydrogen) atoms. The number of carbonyl (C=O) groups is 1. The van der Waals surface area contributed by atoms with Gasteiger partial charge in [0.05, 0.1) is 5.41 Å². The second kappa shape index (κ2) is 8.26. The Morgan fingerprint density at radius 2 is 1.60 bits per heavy atom. The van der Waals surface area contributed by atoms with Gasteiger partial charge in [-0.05, 0) is 37.1 Å². The minimum atomic E-state index is -0.552. The molecule has 2 aromatic carbocycles. The lowest BCUT2D eigenvalue weighted by Gasteiger charge is -2.41. The third-order valence-electron chi connectivity index (χ3n) is 5.10. The van der Waals surface area contributed by atoms with Crippen molar-refractivity contribution in [3.8, 4) is 0 Å². The van der Waals surface area contributed by atoms with Crippen molar-refractivity contribution in [2.45, 2.75) is 24.8 Å². The SMILES string of the molecule is O=C(NCCF)C1(c2ccccc2)CCN(Cc2ccccc2)CC1. The van der Waals surface area contributed by atoms with E-state index in [1.807, 2.05) is 36.4 Å². The van der Waals surface area contributed by atoms with Crippen LogP contribution < -0.4 is 5.32 Å². The summed E-state index contributed by atoms with van der Waals surface area (Å²) in [5.74, 6) is -0.0456. The Hall–Kier alpha value is -2.20. The molecule has 1 N–H and O–H groups in total. The number of benzene rings is 2. The summed E-state index contributed by atoms with van der Waals surface area (Å²) in [4.78, 5) is 15.2. The number of amides is 1. The highest BCUT2D eigenvalue weighted by Crippen LogP contribution is 2.36. The maximum absolute atomic E-state index is 12.8. The first-order valence-corrected chi connectivity index (χ1v) is 8.91. The van der Waals surface area contributed by atoms with Crippen LogP contribution in [0.4, 0.5) is 4.39 Å². The van der Waals surface area contributed by atoms with Crippen molar-refractivity contribution in [3.05, 3.63) is 71.8 Å². The summed E-state index contributed by atoms with van der Waals surface area (Å²) in [6.07, 6.45) is 1.50. The molecule has 3 rings (SSSR count). The van der Waals surface area contributed by atoms with E-state index in [1.165, 1.54) is 5.56 Å². The number of alkyl halides is 1. The molecule has 0 bridgehead atoms. The highest BCUT2D eigenvalue weighted by molar-refractivity contribution is 5.88. The van der Waals surface area contributed by atoms with Gasteiger partial charge in [0.2, 0.25) is 5.91 Å². The number of hydrogen-bond acceptors (Lipinski definition) is 2. The summed E-state index contributed by atoms with van der Waals surface area (Å²) in [5, 5.41) is 2.77. The van der Waals surface area contributed by atoms with Crippen LogP contribution in [-0.4, -0.2) is 37.1 Å². The average molecular weight is 340 g/mol. The van der Waals surface area contributed by atoms with Crippen LogP contribution in [0.15, 0.2) is 60.7 Å². The van der Waals surface area contributed by atoms with Crippen LogP contribution in [0.1, 0.15) is 24.0 Å². The summed E-state index contributed by atoms with van der Waals surface area (Å²) < 4.78 is 12.5. The van der Waals surface area contributed by atoms with Gasteiger partial charge in [0.1, 0.15) is 6.67 Å². The number of carbonyl (C=O) groups excluding carboxylic acids is 1. The molecular weight excluding hydrogens is 315 g/mol. The van der Waals surface area contributed by atoms with Crippen LogP contribution in [-0.2, 0) is 16.8 Å². The van der Waals surface area contributed by atoms with Gasteiger partial charge >= 0.3 is 0 Å². The Morgan fingerprint density at radius 3 is 2.20 bits per heavy atom. The van der Waals surface area contributed by atoms with Crippen molar-refractivity contribution in [1.82, 2.24) is 10.2 Å². The lowest BCUT2D eigenvalue weighted by molar-refractivity contribution is -0.128. The summed E-state index contributed by atoms with van der Waals surface area (Å²) in [5.41, 5.74) is 1.77. The molecule has 1 aliphatic rings. The predicted octanol–water partition coefficient (Wildman–Crippen LogP) is 3.31. The molecule has 1 saturated heterocycles. The van der Waals surface area contributed by atoms with Gasteiger partial charge in [0.25, 0.3) is 0 Å². The molecular formula is C21H25FN2O. The van der Waals surface area contributed by atoms with E-state index < -0.39 is 12.1 Å². The van der Waals surface area contributed by atoms with Gasteiger partial charge in [-0.1, -0.05) is 60.7 Å². The predicted molar refractivity (Wildman–Crippen MR) is 98.1 cm³/mol. The van der Waals surface area contributed by atoms with Crippen LogP contribution in [0.5, 0.6) is 0 Å². The van der Waals surface area contributed by atoms with Crippen LogP contribution in [0.3, 0.4) is 0 Å². The Labute approximate surface area is 148 Å². The molecule has 0 unspecified atom stereocenters. The van der Waals surface area contributed by atoms with Crippen LogP contribution in [0.25, 0.3) is 0 Å². The highest BCUT2D eigenvalue weighted by atomic mass is 19.1. The first kappa shape index (κ1) is 17.6. The Balaban J connectivity index is 1.73. The van der Waals surface area contributed by atoms with Gasteiger partial charge in [-0.3, -0.25) is 9.69 Å². The van der Waals surface area contributed by atoms with Crippen molar-refractivity contribution >= 4 is 5.91 Å². The fourth-order valence-electron chi connectivity index (χ4n) is 3.67. The molecule has 0 atom stereocenters. The molecule has 1 aliphatic heterocycles. The molecule has 0 aromatic heterocycles. The third kappa shape index (κ3) is 4.07. The standard InChI is InChI=1S/C21H25FN2O/c22-13-14-23-20(25)21(19-9-5-2-6-10-19)11-15-24(16-12-21)17-18-7-3-1-4-8-18/h1-10H,11-17H2,(H,23,25). The monoisotopic (exact) mass is 340 g/mol. The van der Waals surface area contributed by atoms with Crippen molar-refractivity contribution in [3.63, 3.8) is 0 Å². The van der Waals surface area contributed by atoms with E-state index in [2.05, 4.69) is 34.5 Å².